The van der Waals surface area contributed by atoms with E-state index in [1.807, 2.05) is 7.11 Å². The normalized spacial score (nSPS) is 20.3. The lowest BCUT2D eigenvalue weighted by Crippen LogP contribution is -2.54. The molecule has 3 heteroatoms. The fourth-order valence-corrected chi connectivity index (χ4v) is 3.48. The van der Waals surface area contributed by atoms with Crippen LogP contribution in [0.1, 0.15) is 50.5 Å². The van der Waals surface area contributed by atoms with E-state index in [-0.39, 0.29) is 11.6 Å². The lowest BCUT2D eigenvalue weighted by atomic mass is 9.83. The van der Waals surface area contributed by atoms with Gasteiger partial charge in [-0.25, -0.2) is 0 Å². The Hall–Kier alpha value is -0.900. The Bertz CT molecular complexity index is 372. The summed E-state index contributed by atoms with van der Waals surface area (Å²) < 4.78 is 5.96. The molecule has 1 unspecified atom stereocenters. The van der Waals surface area contributed by atoms with Gasteiger partial charge in [-0.3, -0.25) is 11.3 Å². The van der Waals surface area contributed by atoms with Crippen LogP contribution in [0, 0.1) is 0 Å². The number of ether oxygens (including phenoxy) is 1. The standard InChI is InChI=1S/C17H28N2O/c1-20-17(13-7-2-3-8-14-17)16(19-18)12-11-15-9-5-4-6-10-15/h4-6,9-10,16,19H,2-3,7-8,11-14,18H2,1H3. The van der Waals surface area contributed by atoms with Crippen LogP contribution >= 0.6 is 0 Å². The van der Waals surface area contributed by atoms with Crippen molar-refractivity contribution in [1.82, 2.24) is 5.43 Å². The highest BCUT2D eigenvalue weighted by atomic mass is 16.5. The van der Waals surface area contributed by atoms with Gasteiger partial charge in [0.15, 0.2) is 0 Å². The Morgan fingerprint density at radius 1 is 1.15 bits per heavy atom. The molecule has 1 fully saturated rings. The van der Waals surface area contributed by atoms with Crippen LogP contribution in [0.4, 0.5) is 0 Å². The quantitative estimate of drug-likeness (QED) is 0.476. The predicted octanol–water partition coefficient (Wildman–Crippen LogP) is 3.19. The molecule has 3 N–H and O–H groups in total. The number of benzene rings is 1. The van der Waals surface area contributed by atoms with Gasteiger partial charge >= 0.3 is 0 Å². The molecule has 0 spiro atoms. The maximum atomic E-state index is 5.96. The topological polar surface area (TPSA) is 47.3 Å². The smallest absolute Gasteiger partial charge is 0.0844 e. The van der Waals surface area contributed by atoms with Gasteiger partial charge < -0.3 is 4.74 Å². The molecule has 112 valence electrons. The van der Waals surface area contributed by atoms with Gasteiger partial charge in [0.1, 0.15) is 0 Å². The molecule has 0 amide bonds. The van der Waals surface area contributed by atoms with Gasteiger partial charge in [0.25, 0.3) is 0 Å². The van der Waals surface area contributed by atoms with Crippen molar-refractivity contribution in [2.45, 2.75) is 63.0 Å². The van der Waals surface area contributed by atoms with Crippen molar-refractivity contribution >= 4 is 0 Å². The summed E-state index contributed by atoms with van der Waals surface area (Å²) in [4.78, 5) is 0. The minimum Gasteiger partial charge on any atom is -0.377 e. The minimum atomic E-state index is -0.0833. The van der Waals surface area contributed by atoms with Gasteiger partial charge in [-0.15, -0.1) is 0 Å². The number of hydrogen-bond donors (Lipinski definition) is 2. The Morgan fingerprint density at radius 2 is 1.80 bits per heavy atom. The summed E-state index contributed by atoms with van der Waals surface area (Å²) in [5.41, 5.74) is 4.32. The molecule has 0 aromatic heterocycles. The number of nitrogens with one attached hydrogen (secondary N) is 1. The number of aryl methyl sites for hydroxylation is 1. The Labute approximate surface area is 122 Å². The van der Waals surface area contributed by atoms with E-state index in [1.165, 1.54) is 31.2 Å². The lowest BCUT2D eigenvalue weighted by molar-refractivity contribution is -0.0547. The maximum Gasteiger partial charge on any atom is 0.0844 e. The zero-order valence-electron chi connectivity index (χ0n) is 12.6. The second-order valence-corrected chi connectivity index (χ2v) is 5.93. The van der Waals surface area contributed by atoms with E-state index in [9.17, 15) is 0 Å². The van der Waals surface area contributed by atoms with Crippen molar-refractivity contribution in [2.24, 2.45) is 5.84 Å². The van der Waals surface area contributed by atoms with Gasteiger partial charge in [-0.05, 0) is 31.2 Å². The summed E-state index contributed by atoms with van der Waals surface area (Å²) in [5.74, 6) is 5.85. The number of nitrogens with two attached hydrogens (primary N) is 1. The van der Waals surface area contributed by atoms with Gasteiger partial charge in [-0.2, -0.15) is 0 Å². The summed E-state index contributed by atoms with van der Waals surface area (Å²) in [6, 6.07) is 10.8. The number of rotatable bonds is 6. The van der Waals surface area contributed by atoms with Crippen LogP contribution in [-0.2, 0) is 11.2 Å². The summed E-state index contributed by atoms with van der Waals surface area (Å²) in [6.07, 6.45) is 9.44. The number of hydrogen-bond acceptors (Lipinski definition) is 3. The van der Waals surface area contributed by atoms with E-state index in [1.54, 1.807) is 0 Å². The van der Waals surface area contributed by atoms with Crippen molar-refractivity contribution in [3.05, 3.63) is 35.9 Å². The van der Waals surface area contributed by atoms with Crippen molar-refractivity contribution in [1.29, 1.82) is 0 Å². The van der Waals surface area contributed by atoms with Gasteiger partial charge in [0, 0.05) is 7.11 Å². The summed E-state index contributed by atoms with van der Waals surface area (Å²) >= 11 is 0. The molecule has 1 aromatic rings. The maximum absolute atomic E-state index is 5.96. The first-order chi connectivity index (χ1) is 9.80. The van der Waals surface area contributed by atoms with E-state index in [0.29, 0.717) is 0 Å². The van der Waals surface area contributed by atoms with Gasteiger partial charge in [0.2, 0.25) is 0 Å². The third-order valence-electron chi connectivity index (χ3n) is 4.76. The van der Waals surface area contributed by atoms with E-state index in [4.69, 9.17) is 10.6 Å². The van der Waals surface area contributed by atoms with E-state index in [0.717, 1.165) is 25.7 Å². The summed E-state index contributed by atoms with van der Waals surface area (Å²) in [7, 11) is 1.85. The molecule has 2 rings (SSSR count). The van der Waals surface area contributed by atoms with Crippen molar-refractivity contribution < 1.29 is 4.74 Å². The molecule has 1 saturated carbocycles. The Kier molecular flexibility index (Phi) is 6.02. The van der Waals surface area contributed by atoms with Crippen molar-refractivity contribution in [3.8, 4) is 0 Å². The van der Waals surface area contributed by atoms with Crippen molar-refractivity contribution in [2.75, 3.05) is 7.11 Å². The zero-order valence-corrected chi connectivity index (χ0v) is 12.6. The lowest BCUT2D eigenvalue weighted by Gasteiger charge is -2.39. The predicted molar refractivity (Wildman–Crippen MR) is 83.3 cm³/mol. The minimum absolute atomic E-state index is 0.0833. The third kappa shape index (κ3) is 3.81. The first kappa shape index (κ1) is 15.5. The largest absolute Gasteiger partial charge is 0.377 e. The highest BCUT2D eigenvalue weighted by molar-refractivity contribution is 5.15. The highest BCUT2D eigenvalue weighted by Gasteiger charge is 2.38. The fourth-order valence-electron chi connectivity index (χ4n) is 3.48. The molecule has 1 aromatic carbocycles. The molecule has 3 nitrogen and oxygen atoms in total. The molecular formula is C17H28N2O. The van der Waals surface area contributed by atoms with E-state index < -0.39 is 0 Å². The number of hydrazine groups is 1. The van der Waals surface area contributed by atoms with Crippen LogP contribution in [0.5, 0.6) is 0 Å². The molecule has 0 heterocycles. The van der Waals surface area contributed by atoms with E-state index in [2.05, 4.69) is 35.8 Å². The van der Waals surface area contributed by atoms with Gasteiger partial charge in [-0.1, -0.05) is 56.0 Å². The van der Waals surface area contributed by atoms with Crippen LogP contribution in [-0.4, -0.2) is 18.8 Å². The van der Waals surface area contributed by atoms with Crippen LogP contribution in [0.25, 0.3) is 0 Å². The molecule has 0 saturated heterocycles. The third-order valence-corrected chi connectivity index (χ3v) is 4.76. The van der Waals surface area contributed by atoms with Crippen LogP contribution in [0.2, 0.25) is 0 Å². The Balaban J connectivity index is 2.01. The Morgan fingerprint density at radius 3 is 2.35 bits per heavy atom. The average Bonchev–Trinajstić information content (AvgIpc) is 2.75. The second kappa shape index (κ2) is 7.77. The first-order valence-electron chi connectivity index (χ1n) is 7.86. The summed E-state index contributed by atoms with van der Waals surface area (Å²) in [5, 5.41) is 0. The molecule has 0 aliphatic heterocycles. The van der Waals surface area contributed by atoms with Crippen LogP contribution < -0.4 is 11.3 Å². The first-order valence-corrected chi connectivity index (χ1v) is 7.86. The summed E-state index contributed by atoms with van der Waals surface area (Å²) in [6.45, 7) is 0. The average molecular weight is 276 g/mol. The van der Waals surface area contributed by atoms with Gasteiger partial charge in [0.05, 0.1) is 11.6 Å². The molecule has 1 aliphatic carbocycles. The van der Waals surface area contributed by atoms with Crippen LogP contribution in [0.3, 0.4) is 0 Å². The molecular weight excluding hydrogens is 248 g/mol. The SMILES string of the molecule is COC1(C(CCc2ccccc2)NN)CCCCCC1. The molecule has 1 aliphatic rings. The molecule has 0 radical (unpaired) electrons. The molecule has 0 bridgehead atoms. The number of methoxy groups -OCH3 is 1. The molecule has 1 atom stereocenters. The monoisotopic (exact) mass is 276 g/mol. The second-order valence-electron chi connectivity index (χ2n) is 5.93. The van der Waals surface area contributed by atoms with Crippen molar-refractivity contribution in [3.63, 3.8) is 0 Å². The van der Waals surface area contributed by atoms with Crippen LogP contribution in [0.15, 0.2) is 30.3 Å². The fraction of sp³-hybridized carbons (Fsp3) is 0.647. The zero-order chi connectivity index (χ0) is 14.3. The van der Waals surface area contributed by atoms with E-state index >= 15 is 0 Å². The molecule has 20 heavy (non-hydrogen) atoms. The highest BCUT2D eigenvalue weighted by Crippen LogP contribution is 2.34.